The van der Waals surface area contributed by atoms with Crippen LogP contribution in [0.5, 0.6) is 0 Å². The molecule has 0 aromatic heterocycles. The molecular formula is C35H52O9. The van der Waals surface area contributed by atoms with Gasteiger partial charge in [0, 0.05) is 25.2 Å². The van der Waals surface area contributed by atoms with Gasteiger partial charge in [0.2, 0.25) is 0 Å². The van der Waals surface area contributed by atoms with E-state index >= 15 is 0 Å². The van der Waals surface area contributed by atoms with E-state index in [1.165, 1.54) is 13.0 Å². The molecule has 246 valence electrons. The number of benzene rings is 1. The van der Waals surface area contributed by atoms with Gasteiger partial charge >= 0.3 is 18.1 Å². The van der Waals surface area contributed by atoms with Crippen molar-refractivity contribution in [2.24, 2.45) is 29.6 Å². The summed E-state index contributed by atoms with van der Waals surface area (Å²) >= 11 is 0. The number of carbonyl (C=O) groups excluding carboxylic acids is 4. The molecule has 0 unspecified atom stereocenters. The lowest BCUT2D eigenvalue weighted by molar-refractivity contribution is -0.173. The molecule has 9 heteroatoms. The van der Waals surface area contributed by atoms with Crippen molar-refractivity contribution in [3.8, 4) is 0 Å². The Bertz CT molecular complexity index is 1110. The van der Waals surface area contributed by atoms with Crippen LogP contribution in [0.4, 0.5) is 4.79 Å². The first-order valence-electron chi connectivity index (χ1n) is 15.4. The van der Waals surface area contributed by atoms with Crippen LogP contribution in [0.15, 0.2) is 54.8 Å². The maximum Gasteiger partial charge on any atom is 0.508 e. The van der Waals surface area contributed by atoms with Crippen molar-refractivity contribution in [1.82, 2.24) is 0 Å². The summed E-state index contributed by atoms with van der Waals surface area (Å²) in [5, 5.41) is 0. The molecule has 9 nitrogen and oxygen atoms in total. The van der Waals surface area contributed by atoms with E-state index in [0.29, 0.717) is 12.2 Å². The fourth-order valence-electron chi connectivity index (χ4n) is 5.30. The zero-order chi connectivity index (χ0) is 33.6. The Kier molecular flexibility index (Phi) is 16.7. The van der Waals surface area contributed by atoms with Gasteiger partial charge in [-0.25, -0.2) is 4.79 Å². The number of hydrogen-bond donors (Lipinski definition) is 0. The van der Waals surface area contributed by atoms with E-state index < -0.39 is 66.2 Å². The van der Waals surface area contributed by atoms with E-state index in [4.69, 9.17) is 23.7 Å². The van der Waals surface area contributed by atoms with E-state index in [9.17, 15) is 19.2 Å². The second-order valence-electron chi connectivity index (χ2n) is 11.6. The van der Waals surface area contributed by atoms with Gasteiger partial charge in [-0.15, -0.1) is 0 Å². The average molecular weight is 617 g/mol. The molecular weight excluding hydrogens is 564 g/mol. The fourth-order valence-corrected chi connectivity index (χ4v) is 5.30. The predicted molar refractivity (Wildman–Crippen MR) is 168 cm³/mol. The van der Waals surface area contributed by atoms with Crippen LogP contribution in [0.3, 0.4) is 0 Å². The quantitative estimate of drug-likeness (QED) is 0.0720. The van der Waals surface area contributed by atoms with Gasteiger partial charge in [0.1, 0.15) is 30.4 Å². The number of carbonyl (C=O) groups is 4. The molecule has 0 aliphatic rings. The molecule has 1 aromatic rings. The summed E-state index contributed by atoms with van der Waals surface area (Å²) in [7, 11) is 0. The maximum atomic E-state index is 13.9. The zero-order valence-electron chi connectivity index (χ0n) is 28.0. The molecule has 0 aliphatic carbocycles. The number of esters is 2. The van der Waals surface area contributed by atoms with Gasteiger partial charge in [0.05, 0.1) is 24.0 Å². The molecule has 0 spiro atoms. The van der Waals surface area contributed by atoms with Gasteiger partial charge in [-0.2, -0.15) is 0 Å². The predicted octanol–water partition coefficient (Wildman–Crippen LogP) is 7.40. The van der Waals surface area contributed by atoms with Crippen molar-refractivity contribution in [2.45, 2.75) is 100 Å². The summed E-state index contributed by atoms with van der Waals surface area (Å²) in [5.74, 6) is -3.59. The number of allylic oxidation sites excluding steroid dienone is 1. The number of ketones is 1. The smallest absolute Gasteiger partial charge is 0.461 e. The lowest BCUT2D eigenvalue weighted by atomic mass is 9.83. The topological polar surface area (TPSA) is 114 Å². The Hall–Kier alpha value is -3.46. The van der Waals surface area contributed by atoms with Crippen LogP contribution >= 0.6 is 0 Å². The second-order valence-corrected chi connectivity index (χ2v) is 11.6. The Balaban J connectivity index is 3.47. The lowest BCUT2D eigenvalue weighted by Gasteiger charge is -2.37. The lowest BCUT2D eigenvalue weighted by Crippen LogP contribution is -2.45. The summed E-state index contributed by atoms with van der Waals surface area (Å²) in [5.41, 5.74) is 0.911. The van der Waals surface area contributed by atoms with Crippen LogP contribution in [0.25, 0.3) is 0 Å². The van der Waals surface area contributed by atoms with Crippen LogP contribution in [-0.4, -0.2) is 48.8 Å². The number of rotatable bonds is 18. The van der Waals surface area contributed by atoms with Gasteiger partial charge in [-0.3, -0.25) is 14.4 Å². The summed E-state index contributed by atoms with van der Waals surface area (Å²) in [6.45, 7) is 21.0. The molecule has 0 heterocycles. The van der Waals surface area contributed by atoms with Gasteiger partial charge in [0.15, 0.2) is 0 Å². The Morgan fingerprint density at radius 3 is 1.95 bits per heavy atom. The first-order chi connectivity index (χ1) is 20.7. The highest BCUT2D eigenvalue weighted by atomic mass is 16.7. The Morgan fingerprint density at radius 1 is 0.841 bits per heavy atom. The highest BCUT2D eigenvalue weighted by Crippen LogP contribution is 2.33. The highest BCUT2D eigenvalue weighted by Gasteiger charge is 2.42. The SMILES string of the molecule is C=CCOC(=O)O[C@@H](C(C)C)[C@H](C)[C@H](OC(=O)[C@H](C)[C@H](O[C@H](C)c1ccccc1)[C@H](C)C(=O)CC)[C@H](C)/C(=C/C)OC(C)=O. The Labute approximate surface area is 263 Å². The third-order valence-electron chi connectivity index (χ3n) is 7.83. The van der Waals surface area contributed by atoms with Crippen molar-refractivity contribution >= 4 is 23.9 Å². The molecule has 0 saturated heterocycles. The van der Waals surface area contributed by atoms with Crippen molar-refractivity contribution in [2.75, 3.05) is 6.61 Å². The summed E-state index contributed by atoms with van der Waals surface area (Å²) in [4.78, 5) is 51.1. The van der Waals surface area contributed by atoms with Crippen LogP contribution < -0.4 is 0 Å². The fraction of sp³-hybridized carbons (Fsp3) is 0.600. The minimum Gasteiger partial charge on any atom is -0.461 e. The summed E-state index contributed by atoms with van der Waals surface area (Å²) < 4.78 is 28.8. The van der Waals surface area contributed by atoms with Crippen LogP contribution in [-0.2, 0) is 38.1 Å². The molecule has 8 atom stereocenters. The zero-order valence-corrected chi connectivity index (χ0v) is 28.0. The summed E-state index contributed by atoms with van der Waals surface area (Å²) in [6.07, 6.45) is -0.286. The van der Waals surface area contributed by atoms with Crippen molar-refractivity contribution < 1.29 is 42.9 Å². The minimum atomic E-state index is -0.889. The number of hydrogen-bond acceptors (Lipinski definition) is 9. The molecule has 0 N–H and O–H groups in total. The standard InChI is InChI=1S/C35H52O9/c1-12-20-40-35(39)44-31(21(4)5)24(8)33(23(7)30(14-3)42-27(11)36)43-34(38)25(9)32(22(6)29(37)13-2)41-26(10)28-18-16-15-17-19-28/h12,14-19,21-26,31-33H,1,13,20H2,2-11H3/b30-14-/t22-,23-,24+,25-,26-,31+,32-,33-/m1/s1. The molecule has 0 fully saturated rings. The van der Waals surface area contributed by atoms with E-state index in [1.54, 1.807) is 47.6 Å². The second kappa shape index (κ2) is 19.0. The Morgan fingerprint density at radius 2 is 1.45 bits per heavy atom. The molecule has 0 radical (unpaired) electrons. The monoisotopic (exact) mass is 616 g/mol. The third-order valence-corrected chi connectivity index (χ3v) is 7.83. The molecule has 0 aliphatic heterocycles. The highest BCUT2D eigenvalue weighted by molar-refractivity contribution is 5.82. The van der Waals surface area contributed by atoms with Gasteiger partial charge in [-0.05, 0) is 38.3 Å². The van der Waals surface area contributed by atoms with Crippen LogP contribution in [0, 0.1) is 29.6 Å². The normalized spacial score (nSPS) is 17.2. The molecule has 1 rings (SSSR count). The number of ether oxygens (including phenoxy) is 5. The first-order valence-corrected chi connectivity index (χ1v) is 15.4. The first kappa shape index (κ1) is 38.6. The van der Waals surface area contributed by atoms with Gasteiger partial charge in [0.25, 0.3) is 0 Å². The molecule has 1 aromatic carbocycles. The molecule has 0 amide bonds. The molecule has 0 saturated carbocycles. The van der Waals surface area contributed by atoms with Crippen molar-refractivity contribution in [3.05, 3.63) is 60.4 Å². The largest absolute Gasteiger partial charge is 0.508 e. The van der Waals surface area contributed by atoms with E-state index in [-0.39, 0.29) is 18.3 Å². The van der Waals surface area contributed by atoms with E-state index in [2.05, 4.69) is 6.58 Å². The number of Topliss-reactive ketones (excluding diaryl/α,β-unsaturated/α-hetero) is 1. The van der Waals surface area contributed by atoms with Crippen LogP contribution in [0.2, 0.25) is 0 Å². The van der Waals surface area contributed by atoms with Crippen molar-refractivity contribution in [3.63, 3.8) is 0 Å². The minimum absolute atomic E-state index is 0.0169. The average Bonchev–Trinajstić information content (AvgIpc) is 3.00. The van der Waals surface area contributed by atoms with Crippen LogP contribution in [0.1, 0.15) is 87.3 Å². The van der Waals surface area contributed by atoms with Gasteiger partial charge in [-0.1, -0.05) is 84.5 Å². The van der Waals surface area contributed by atoms with Crippen molar-refractivity contribution in [1.29, 1.82) is 0 Å². The maximum absolute atomic E-state index is 13.9. The molecule has 44 heavy (non-hydrogen) atoms. The van der Waals surface area contributed by atoms with E-state index in [0.717, 1.165) is 5.56 Å². The molecule has 0 bridgehead atoms. The summed E-state index contributed by atoms with van der Waals surface area (Å²) in [6, 6.07) is 9.56. The van der Waals surface area contributed by atoms with E-state index in [1.807, 2.05) is 51.1 Å². The van der Waals surface area contributed by atoms with Gasteiger partial charge < -0.3 is 23.7 Å². The third kappa shape index (κ3) is 11.6.